The van der Waals surface area contributed by atoms with Gasteiger partial charge in [-0.2, -0.15) is 0 Å². The minimum absolute atomic E-state index is 0.190. The van der Waals surface area contributed by atoms with Crippen LogP contribution < -0.4 is 4.74 Å². The van der Waals surface area contributed by atoms with Crippen LogP contribution >= 0.6 is 0 Å². The molecule has 0 aliphatic rings. The summed E-state index contributed by atoms with van der Waals surface area (Å²) in [5, 5.41) is 9.45. The lowest BCUT2D eigenvalue weighted by Gasteiger charge is -2.08. The molecule has 1 N–H and O–H groups in total. The molecule has 2 aromatic heterocycles. The summed E-state index contributed by atoms with van der Waals surface area (Å²) in [7, 11) is 0. The van der Waals surface area contributed by atoms with Gasteiger partial charge in [0.2, 0.25) is 5.88 Å². The Morgan fingerprint density at radius 1 is 1.29 bits per heavy atom. The van der Waals surface area contributed by atoms with Crippen molar-refractivity contribution < 1.29 is 9.84 Å². The van der Waals surface area contributed by atoms with Gasteiger partial charge in [0.25, 0.3) is 0 Å². The van der Waals surface area contributed by atoms with Gasteiger partial charge in [0.1, 0.15) is 5.75 Å². The first-order chi connectivity index (χ1) is 8.22. The van der Waals surface area contributed by atoms with E-state index in [1.807, 2.05) is 19.1 Å². The third kappa shape index (κ3) is 2.36. The fourth-order valence-electron chi connectivity index (χ4n) is 1.54. The first-order valence-electron chi connectivity index (χ1n) is 5.47. The largest absolute Gasteiger partial charge is 0.506 e. The lowest BCUT2D eigenvalue weighted by atomic mass is 10.1. The summed E-state index contributed by atoms with van der Waals surface area (Å²) >= 11 is 0. The summed E-state index contributed by atoms with van der Waals surface area (Å²) in [4.78, 5) is 8.49. The van der Waals surface area contributed by atoms with E-state index in [9.17, 15) is 5.11 Å². The highest BCUT2D eigenvalue weighted by atomic mass is 16.5. The second kappa shape index (κ2) is 4.82. The molecule has 0 radical (unpaired) electrons. The van der Waals surface area contributed by atoms with Crippen molar-refractivity contribution in [2.75, 3.05) is 6.61 Å². The van der Waals surface area contributed by atoms with Crippen LogP contribution in [-0.4, -0.2) is 21.7 Å². The summed E-state index contributed by atoms with van der Waals surface area (Å²) in [5.74, 6) is 0.753. The molecular weight excluding hydrogens is 216 g/mol. The highest BCUT2D eigenvalue weighted by Gasteiger charge is 2.09. The molecule has 0 aromatic carbocycles. The van der Waals surface area contributed by atoms with Gasteiger partial charge < -0.3 is 9.84 Å². The molecule has 0 aliphatic heterocycles. The highest BCUT2D eigenvalue weighted by molar-refractivity contribution is 5.65. The Morgan fingerprint density at radius 3 is 2.82 bits per heavy atom. The molecule has 0 spiro atoms. The van der Waals surface area contributed by atoms with Crippen molar-refractivity contribution in [2.24, 2.45) is 0 Å². The van der Waals surface area contributed by atoms with Crippen LogP contribution in [0.2, 0.25) is 0 Å². The van der Waals surface area contributed by atoms with Gasteiger partial charge in [0, 0.05) is 6.20 Å². The number of ether oxygens (including phenoxy) is 1. The SMILES string of the molecule is CCOc1ncccc1-c1ccc(O)c(C)n1. The lowest BCUT2D eigenvalue weighted by molar-refractivity contribution is 0.328. The summed E-state index contributed by atoms with van der Waals surface area (Å²) in [6, 6.07) is 7.11. The van der Waals surface area contributed by atoms with Crippen LogP contribution in [0, 0.1) is 6.92 Å². The maximum atomic E-state index is 9.45. The van der Waals surface area contributed by atoms with Gasteiger partial charge in [0.15, 0.2) is 0 Å². The van der Waals surface area contributed by atoms with E-state index in [0.29, 0.717) is 18.2 Å². The van der Waals surface area contributed by atoms with E-state index < -0.39 is 0 Å². The van der Waals surface area contributed by atoms with Crippen LogP contribution in [0.3, 0.4) is 0 Å². The molecule has 0 bridgehead atoms. The van der Waals surface area contributed by atoms with Gasteiger partial charge in [-0.05, 0) is 38.1 Å². The summed E-state index contributed by atoms with van der Waals surface area (Å²) in [6.07, 6.45) is 1.68. The number of pyridine rings is 2. The zero-order valence-electron chi connectivity index (χ0n) is 9.84. The average molecular weight is 230 g/mol. The van der Waals surface area contributed by atoms with Crippen molar-refractivity contribution >= 4 is 0 Å². The lowest BCUT2D eigenvalue weighted by Crippen LogP contribution is -1.97. The van der Waals surface area contributed by atoms with E-state index in [0.717, 1.165) is 11.3 Å². The number of aryl methyl sites for hydroxylation is 1. The Bertz CT molecular complexity index is 527. The van der Waals surface area contributed by atoms with E-state index in [1.54, 1.807) is 25.3 Å². The number of hydrogen-bond acceptors (Lipinski definition) is 4. The van der Waals surface area contributed by atoms with Crippen LogP contribution in [0.4, 0.5) is 0 Å². The number of aromatic nitrogens is 2. The zero-order valence-corrected chi connectivity index (χ0v) is 9.84. The molecule has 2 aromatic rings. The third-order valence-corrected chi connectivity index (χ3v) is 2.39. The molecule has 0 atom stereocenters. The number of hydrogen-bond donors (Lipinski definition) is 1. The van der Waals surface area contributed by atoms with Crippen molar-refractivity contribution in [3.8, 4) is 22.9 Å². The first-order valence-corrected chi connectivity index (χ1v) is 5.47. The van der Waals surface area contributed by atoms with Gasteiger partial charge in [-0.3, -0.25) is 0 Å². The summed E-state index contributed by atoms with van der Waals surface area (Å²) < 4.78 is 5.45. The maximum Gasteiger partial charge on any atom is 0.222 e. The molecule has 0 saturated heterocycles. The average Bonchev–Trinajstić information content (AvgIpc) is 2.34. The van der Waals surface area contributed by atoms with Crippen molar-refractivity contribution in [1.82, 2.24) is 9.97 Å². The molecule has 0 aliphatic carbocycles. The Labute approximate surface area is 99.9 Å². The van der Waals surface area contributed by atoms with Crippen molar-refractivity contribution in [3.63, 3.8) is 0 Å². The van der Waals surface area contributed by atoms with Crippen molar-refractivity contribution in [3.05, 3.63) is 36.2 Å². The number of aromatic hydroxyl groups is 1. The predicted octanol–water partition coefficient (Wildman–Crippen LogP) is 2.56. The monoisotopic (exact) mass is 230 g/mol. The molecular formula is C13H14N2O2. The Balaban J connectivity index is 2.48. The second-order valence-corrected chi connectivity index (χ2v) is 3.59. The molecule has 0 unspecified atom stereocenters. The van der Waals surface area contributed by atoms with Crippen LogP contribution in [0.1, 0.15) is 12.6 Å². The Hall–Kier alpha value is -2.10. The van der Waals surface area contributed by atoms with Crippen LogP contribution in [0.25, 0.3) is 11.3 Å². The van der Waals surface area contributed by atoms with E-state index >= 15 is 0 Å². The van der Waals surface area contributed by atoms with E-state index in [-0.39, 0.29) is 5.75 Å². The Kier molecular flexibility index (Phi) is 3.23. The van der Waals surface area contributed by atoms with E-state index in [2.05, 4.69) is 9.97 Å². The van der Waals surface area contributed by atoms with Crippen molar-refractivity contribution in [1.29, 1.82) is 0 Å². The quantitative estimate of drug-likeness (QED) is 0.880. The van der Waals surface area contributed by atoms with Gasteiger partial charge >= 0.3 is 0 Å². The minimum Gasteiger partial charge on any atom is -0.506 e. The molecule has 0 fully saturated rings. The molecule has 2 heterocycles. The third-order valence-electron chi connectivity index (χ3n) is 2.39. The second-order valence-electron chi connectivity index (χ2n) is 3.59. The zero-order chi connectivity index (χ0) is 12.3. The number of nitrogens with zero attached hydrogens (tertiary/aromatic N) is 2. The smallest absolute Gasteiger partial charge is 0.222 e. The van der Waals surface area contributed by atoms with Gasteiger partial charge in [-0.25, -0.2) is 9.97 Å². The topological polar surface area (TPSA) is 55.2 Å². The fraction of sp³-hybridized carbons (Fsp3) is 0.231. The molecule has 4 heteroatoms. The van der Waals surface area contributed by atoms with E-state index in [4.69, 9.17) is 4.74 Å². The fourth-order valence-corrected chi connectivity index (χ4v) is 1.54. The molecule has 4 nitrogen and oxygen atoms in total. The summed E-state index contributed by atoms with van der Waals surface area (Å²) in [6.45, 7) is 4.23. The first kappa shape index (κ1) is 11.4. The number of rotatable bonds is 3. The highest BCUT2D eigenvalue weighted by Crippen LogP contribution is 2.28. The standard InChI is InChI=1S/C13H14N2O2/c1-3-17-13-10(5-4-8-14-13)11-6-7-12(16)9(2)15-11/h4-8,16H,3H2,1-2H3. The van der Waals surface area contributed by atoms with E-state index in [1.165, 1.54) is 0 Å². The maximum absolute atomic E-state index is 9.45. The minimum atomic E-state index is 0.190. The van der Waals surface area contributed by atoms with Gasteiger partial charge in [0.05, 0.1) is 23.6 Å². The molecule has 0 amide bonds. The van der Waals surface area contributed by atoms with Crippen LogP contribution in [0.15, 0.2) is 30.5 Å². The van der Waals surface area contributed by atoms with Crippen LogP contribution in [0.5, 0.6) is 11.6 Å². The molecule has 2 rings (SSSR count). The predicted molar refractivity (Wildman–Crippen MR) is 65.0 cm³/mol. The Morgan fingerprint density at radius 2 is 2.12 bits per heavy atom. The van der Waals surface area contributed by atoms with Gasteiger partial charge in [-0.15, -0.1) is 0 Å². The normalized spacial score (nSPS) is 10.2. The van der Waals surface area contributed by atoms with Crippen LogP contribution in [-0.2, 0) is 0 Å². The molecule has 0 saturated carbocycles. The van der Waals surface area contributed by atoms with Crippen molar-refractivity contribution in [2.45, 2.75) is 13.8 Å². The summed E-state index contributed by atoms with van der Waals surface area (Å²) in [5.41, 5.74) is 2.17. The van der Waals surface area contributed by atoms with Gasteiger partial charge in [-0.1, -0.05) is 0 Å². The molecule has 17 heavy (non-hydrogen) atoms. The molecule has 88 valence electrons.